The third kappa shape index (κ3) is 5.21. The molecule has 0 saturated heterocycles. The highest BCUT2D eigenvalue weighted by atomic mass is 35.5. The smallest absolute Gasteiger partial charge is 0.345 e. The van der Waals surface area contributed by atoms with Crippen LogP contribution in [-0.4, -0.2) is 34.4 Å². The van der Waals surface area contributed by atoms with Gasteiger partial charge in [0.25, 0.3) is 17.6 Å². The molecule has 0 spiro atoms. The average Bonchev–Trinajstić information content (AvgIpc) is 2.99. The van der Waals surface area contributed by atoms with Crippen molar-refractivity contribution < 1.29 is 31.9 Å². The van der Waals surface area contributed by atoms with Crippen molar-refractivity contribution in [2.45, 2.75) is 25.6 Å². The molecule has 31 heavy (non-hydrogen) atoms. The van der Waals surface area contributed by atoms with Crippen LogP contribution in [0.4, 0.5) is 23.2 Å². The molecule has 1 heterocycles. The number of nitriles is 1. The van der Waals surface area contributed by atoms with Crippen LogP contribution in [0.5, 0.6) is 0 Å². The summed E-state index contributed by atoms with van der Waals surface area (Å²) in [5.41, 5.74) is -1.01. The van der Waals surface area contributed by atoms with Gasteiger partial charge in [0.05, 0.1) is 16.1 Å². The van der Waals surface area contributed by atoms with E-state index in [1.807, 2.05) is 0 Å². The number of Topliss-reactive ketones (excluding diaryl/α,β-unsaturated/α-hetero) is 1. The van der Waals surface area contributed by atoms with Crippen LogP contribution in [0.3, 0.4) is 0 Å². The number of hydrogen-bond acceptors (Lipinski definition) is 4. The first-order chi connectivity index (χ1) is 14.4. The van der Waals surface area contributed by atoms with Crippen LogP contribution in [0.25, 0.3) is 0 Å². The zero-order chi connectivity index (χ0) is 23.5. The number of carbonyl (C=O) groups is 3. The quantitative estimate of drug-likeness (QED) is 0.392. The topological polar surface area (TPSA) is 104 Å². The van der Waals surface area contributed by atoms with E-state index in [2.05, 4.69) is 5.32 Å². The molecule has 0 radical (unpaired) electrons. The Balaban J connectivity index is 2.27. The monoisotopic (exact) mass is 458 g/mol. The van der Waals surface area contributed by atoms with Crippen molar-refractivity contribution in [3.05, 3.63) is 52.1 Å². The Hall–Kier alpha value is -3.39. The van der Waals surface area contributed by atoms with Gasteiger partial charge in [-0.2, -0.15) is 18.4 Å². The number of anilines is 1. The van der Waals surface area contributed by atoms with Crippen molar-refractivity contribution >= 4 is 34.9 Å². The van der Waals surface area contributed by atoms with Crippen LogP contribution in [-0.2, 0) is 11.8 Å². The summed E-state index contributed by atoms with van der Waals surface area (Å²) in [5, 5.41) is 12.4. The molecule has 1 atom stereocenters. The summed E-state index contributed by atoms with van der Waals surface area (Å²) in [6.45, 7) is 1.19. The summed E-state index contributed by atoms with van der Waals surface area (Å²) in [6.07, 6.45) is -4.20. The minimum Gasteiger partial charge on any atom is -0.345 e. The lowest BCUT2D eigenvalue weighted by Crippen LogP contribution is -2.47. The van der Waals surface area contributed by atoms with E-state index < -0.39 is 52.6 Å². The number of nitrogens with one attached hydrogen (secondary N) is 2. The van der Waals surface area contributed by atoms with Gasteiger partial charge in [0.2, 0.25) is 0 Å². The van der Waals surface area contributed by atoms with E-state index in [1.165, 1.54) is 20.0 Å². The molecule has 2 aromatic rings. The van der Waals surface area contributed by atoms with E-state index in [-0.39, 0.29) is 16.9 Å². The van der Waals surface area contributed by atoms with Crippen LogP contribution < -0.4 is 10.6 Å². The largest absolute Gasteiger partial charge is 0.408 e. The maximum absolute atomic E-state index is 13.4. The van der Waals surface area contributed by atoms with Gasteiger partial charge >= 0.3 is 6.18 Å². The lowest BCUT2D eigenvalue weighted by atomic mass is 10.1. The molecular weight excluding hydrogens is 444 g/mol. The van der Waals surface area contributed by atoms with Gasteiger partial charge in [-0.25, -0.2) is 4.39 Å². The van der Waals surface area contributed by atoms with Crippen molar-refractivity contribution in [2.75, 3.05) is 5.32 Å². The van der Waals surface area contributed by atoms with E-state index in [4.69, 9.17) is 16.9 Å². The number of carbonyl (C=O) groups excluding carboxylic acids is 3. The molecule has 164 valence electrons. The van der Waals surface area contributed by atoms with E-state index in [0.29, 0.717) is 0 Å². The Morgan fingerprint density at radius 3 is 2.48 bits per heavy atom. The standard InChI is InChI=1S/C19H15ClF4N4O3/c1-3-13(19(22,23)24)27-18(31)16(29)11-8-28(2)15(14(11)20)17(30)26-10-4-5-12(21)9(6-10)7-25/h4-6,8,13H,3H2,1-2H3,(H,26,30)(H,27,31). The van der Waals surface area contributed by atoms with Gasteiger partial charge < -0.3 is 15.2 Å². The Morgan fingerprint density at radius 2 is 1.94 bits per heavy atom. The number of amides is 2. The van der Waals surface area contributed by atoms with Crippen molar-refractivity contribution in [1.82, 2.24) is 9.88 Å². The fourth-order valence-corrected chi connectivity index (χ4v) is 3.01. The molecule has 1 aromatic heterocycles. The molecule has 1 unspecified atom stereocenters. The summed E-state index contributed by atoms with van der Waals surface area (Å²) >= 11 is 6.06. The van der Waals surface area contributed by atoms with Gasteiger partial charge in [0.1, 0.15) is 23.6 Å². The Labute approximate surface area is 178 Å². The molecule has 0 aliphatic rings. The number of nitrogens with zero attached hydrogens (tertiary/aromatic N) is 2. The highest BCUT2D eigenvalue weighted by Gasteiger charge is 2.40. The first-order valence-electron chi connectivity index (χ1n) is 8.68. The van der Waals surface area contributed by atoms with E-state index in [9.17, 15) is 31.9 Å². The first kappa shape index (κ1) is 23.9. The molecule has 0 fully saturated rings. The predicted octanol–water partition coefficient (Wildman–Crippen LogP) is 3.58. The SMILES string of the molecule is CCC(NC(=O)C(=O)c1cn(C)c(C(=O)Nc2ccc(F)c(C#N)c2)c1Cl)C(F)(F)F. The van der Waals surface area contributed by atoms with Gasteiger partial charge in [-0.15, -0.1) is 0 Å². The minimum absolute atomic E-state index is 0.0572. The van der Waals surface area contributed by atoms with Gasteiger partial charge in [-0.05, 0) is 24.6 Å². The lowest BCUT2D eigenvalue weighted by molar-refractivity contribution is -0.160. The summed E-state index contributed by atoms with van der Waals surface area (Å²) in [4.78, 5) is 36.9. The number of aryl methyl sites for hydroxylation is 1. The van der Waals surface area contributed by atoms with Crippen molar-refractivity contribution in [2.24, 2.45) is 7.05 Å². The van der Waals surface area contributed by atoms with Crippen molar-refractivity contribution in [3.8, 4) is 6.07 Å². The first-order valence-corrected chi connectivity index (χ1v) is 9.06. The second-order valence-electron chi connectivity index (χ2n) is 6.38. The Kier molecular flexibility index (Phi) is 7.07. The maximum Gasteiger partial charge on any atom is 0.408 e. The van der Waals surface area contributed by atoms with Crippen LogP contribution in [0.2, 0.25) is 5.02 Å². The lowest BCUT2D eigenvalue weighted by Gasteiger charge is -2.19. The maximum atomic E-state index is 13.4. The van der Waals surface area contributed by atoms with Crippen molar-refractivity contribution in [3.63, 3.8) is 0 Å². The molecule has 1 aromatic carbocycles. The summed E-state index contributed by atoms with van der Waals surface area (Å²) < 4.78 is 53.0. The van der Waals surface area contributed by atoms with E-state index >= 15 is 0 Å². The fourth-order valence-electron chi connectivity index (χ4n) is 2.66. The zero-order valence-corrected chi connectivity index (χ0v) is 16.9. The number of hydrogen-bond donors (Lipinski definition) is 2. The molecule has 0 saturated carbocycles. The number of alkyl halides is 3. The second-order valence-corrected chi connectivity index (χ2v) is 6.76. The number of rotatable bonds is 6. The molecule has 2 amide bonds. The van der Waals surface area contributed by atoms with Gasteiger partial charge in [-0.3, -0.25) is 14.4 Å². The van der Waals surface area contributed by atoms with E-state index in [0.717, 1.165) is 22.9 Å². The molecule has 12 heteroatoms. The summed E-state index contributed by atoms with van der Waals surface area (Å²) in [6, 6.07) is 2.61. The van der Waals surface area contributed by atoms with Gasteiger partial charge in [-0.1, -0.05) is 18.5 Å². The average molecular weight is 459 g/mol. The number of halogens is 5. The molecule has 2 N–H and O–H groups in total. The Bertz CT molecular complexity index is 1090. The third-order valence-corrected chi connectivity index (χ3v) is 4.62. The molecule has 7 nitrogen and oxygen atoms in total. The molecule has 0 bridgehead atoms. The highest BCUT2D eigenvalue weighted by Crippen LogP contribution is 2.26. The van der Waals surface area contributed by atoms with E-state index in [1.54, 1.807) is 11.4 Å². The normalized spacial score (nSPS) is 12.1. The molecule has 2 rings (SSSR count). The number of aromatic nitrogens is 1. The molecular formula is C19H15ClF4N4O3. The summed E-state index contributed by atoms with van der Waals surface area (Å²) in [5.74, 6) is -4.53. The predicted molar refractivity (Wildman–Crippen MR) is 102 cm³/mol. The van der Waals surface area contributed by atoms with Crippen LogP contribution in [0, 0.1) is 17.1 Å². The Morgan fingerprint density at radius 1 is 1.29 bits per heavy atom. The van der Waals surface area contributed by atoms with Crippen LogP contribution in [0.1, 0.15) is 39.8 Å². The zero-order valence-electron chi connectivity index (χ0n) is 16.1. The summed E-state index contributed by atoms with van der Waals surface area (Å²) in [7, 11) is 1.32. The number of benzene rings is 1. The third-order valence-electron chi connectivity index (χ3n) is 4.24. The highest BCUT2D eigenvalue weighted by molar-refractivity contribution is 6.48. The number of ketones is 1. The fraction of sp³-hybridized carbons (Fsp3) is 0.263. The molecule has 0 aliphatic heterocycles. The molecule has 0 aliphatic carbocycles. The second kappa shape index (κ2) is 9.18. The van der Waals surface area contributed by atoms with Gasteiger partial charge in [0, 0.05) is 18.9 Å². The van der Waals surface area contributed by atoms with Crippen LogP contribution >= 0.6 is 11.6 Å². The van der Waals surface area contributed by atoms with Gasteiger partial charge in [0.15, 0.2) is 0 Å². The van der Waals surface area contributed by atoms with Crippen molar-refractivity contribution in [1.29, 1.82) is 5.26 Å². The van der Waals surface area contributed by atoms with Crippen LogP contribution in [0.15, 0.2) is 24.4 Å². The minimum atomic E-state index is -4.74.